The summed E-state index contributed by atoms with van der Waals surface area (Å²) in [5.41, 5.74) is 0.926. The van der Waals surface area contributed by atoms with Gasteiger partial charge in [-0.2, -0.15) is 0 Å². The van der Waals surface area contributed by atoms with Gasteiger partial charge in [-0.25, -0.2) is 13.8 Å². The van der Waals surface area contributed by atoms with Crippen molar-refractivity contribution < 1.29 is 13.9 Å². The highest BCUT2D eigenvalue weighted by atomic mass is 19.1. The van der Waals surface area contributed by atoms with Crippen molar-refractivity contribution in [2.45, 2.75) is 68.9 Å². The lowest BCUT2D eigenvalue weighted by Gasteiger charge is -2.19. The van der Waals surface area contributed by atoms with Crippen molar-refractivity contribution in [2.75, 3.05) is 7.11 Å². The van der Waals surface area contributed by atoms with Gasteiger partial charge in [-0.05, 0) is 73.4 Å². The average Bonchev–Trinajstić information content (AvgIpc) is 3.07. The van der Waals surface area contributed by atoms with E-state index in [1.165, 1.54) is 25.2 Å². The molecule has 0 aliphatic rings. The van der Waals surface area contributed by atoms with E-state index in [-0.39, 0.29) is 29.0 Å². The topological polar surface area (TPSA) is 84.5 Å². The van der Waals surface area contributed by atoms with Crippen LogP contribution in [-0.4, -0.2) is 20.8 Å². The second-order valence-corrected chi connectivity index (χ2v) is 9.72. The normalized spacial score (nSPS) is 10.1. The number of methoxy groups -OCH3 is 1. The van der Waals surface area contributed by atoms with Crippen LogP contribution in [0.1, 0.15) is 63.8 Å². The Bertz CT molecular complexity index is 1950. The highest BCUT2D eigenvalue weighted by Gasteiger charge is 2.24. The van der Waals surface area contributed by atoms with Gasteiger partial charge in [-0.3, -0.25) is 18.7 Å². The summed E-state index contributed by atoms with van der Waals surface area (Å²) in [7, 11) is 2.97. The molecule has 246 valence electrons. The summed E-state index contributed by atoms with van der Waals surface area (Å²) in [5.74, 6) is 0.371. The quantitative estimate of drug-likeness (QED) is 0.191. The van der Waals surface area contributed by atoms with Gasteiger partial charge < -0.3 is 9.47 Å². The molecule has 0 fully saturated rings. The van der Waals surface area contributed by atoms with E-state index in [0.29, 0.717) is 22.6 Å². The molecule has 0 aliphatic carbocycles. The lowest BCUT2D eigenvalue weighted by molar-refractivity contribution is 0.414. The number of fused-ring (bicyclic) bond motifs is 1. The molecule has 0 aliphatic heterocycles. The maximum Gasteiger partial charge on any atom is 0.337 e. The lowest BCUT2D eigenvalue weighted by Crippen LogP contribution is -2.42. The second-order valence-electron chi connectivity index (χ2n) is 9.72. The number of aryl methyl sites for hydroxylation is 3. The maximum atomic E-state index is 15.4. The zero-order valence-electron chi connectivity index (χ0n) is 28.8. The Kier molecular flexibility index (Phi) is 13.7. The number of pyridine rings is 1. The molecule has 46 heavy (non-hydrogen) atoms. The number of halogens is 1. The molecule has 0 atom stereocenters. The summed E-state index contributed by atoms with van der Waals surface area (Å²) >= 11 is 0. The van der Waals surface area contributed by atoms with Crippen LogP contribution < -0.4 is 26.3 Å². The lowest BCUT2D eigenvalue weighted by atomic mass is 10.1. The monoisotopic (exact) mass is 631 g/mol. The van der Waals surface area contributed by atoms with Gasteiger partial charge in [0.25, 0.3) is 11.1 Å². The summed E-state index contributed by atoms with van der Waals surface area (Å²) in [6, 6.07) is 18.0. The highest BCUT2D eigenvalue weighted by molar-refractivity contribution is 5.83. The number of aromatic nitrogens is 3. The van der Waals surface area contributed by atoms with Crippen LogP contribution in [0.5, 0.6) is 17.2 Å². The minimum absolute atomic E-state index is 0.0263. The van der Waals surface area contributed by atoms with E-state index < -0.39 is 22.6 Å². The fourth-order valence-electron chi connectivity index (χ4n) is 4.66. The third kappa shape index (κ3) is 7.65. The van der Waals surface area contributed by atoms with Crippen molar-refractivity contribution in [3.05, 3.63) is 126 Å². The van der Waals surface area contributed by atoms with E-state index in [9.17, 15) is 14.4 Å². The first-order valence-corrected chi connectivity index (χ1v) is 15.6. The first kappa shape index (κ1) is 37.3. The van der Waals surface area contributed by atoms with Crippen LogP contribution in [0.2, 0.25) is 0 Å². The van der Waals surface area contributed by atoms with Crippen LogP contribution in [-0.2, 0) is 13.6 Å². The summed E-state index contributed by atoms with van der Waals surface area (Å²) in [4.78, 5) is 41.2. The minimum atomic E-state index is -0.796. The Morgan fingerprint density at radius 3 is 2.00 bits per heavy atom. The number of benzene rings is 3. The molecular weight excluding hydrogens is 585 g/mol. The Labute approximate surface area is 270 Å². The third-order valence-electron chi connectivity index (χ3n) is 7.08. The molecule has 5 rings (SSSR count). The van der Waals surface area contributed by atoms with Gasteiger partial charge in [-0.15, -0.1) is 0 Å². The number of ether oxygens (including phenoxy) is 2. The summed E-state index contributed by atoms with van der Waals surface area (Å²) in [6.07, 6.45) is 0. The van der Waals surface area contributed by atoms with Crippen LogP contribution in [0.25, 0.3) is 16.7 Å². The first-order valence-electron chi connectivity index (χ1n) is 15.6. The molecule has 8 nitrogen and oxygen atoms in total. The number of nitrogens with zero attached hydrogens (tertiary/aromatic N) is 3. The SMILES string of the molecule is CC.CC.CC.COc1ccc(Cn2c(=O)c3c(Oc4cccc(C)c4C)cc(=O)n(C)c3n(-c3ccc(C)cc3F)c2=O)cc1. The van der Waals surface area contributed by atoms with Crippen LogP contribution in [0, 0.1) is 26.6 Å². The summed E-state index contributed by atoms with van der Waals surface area (Å²) < 4.78 is 30.0. The first-order chi connectivity index (χ1) is 22.1. The van der Waals surface area contributed by atoms with Crippen LogP contribution in [0.3, 0.4) is 0 Å². The number of hydrogen-bond acceptors (Lipinski definition) is 5. The Morgan fingerprint density at radius 2 is 1.41 bits per heavy atom. The number of hydrogen-bond donors (Lipinski definition) is 0. The molecule has 9 heteroatoms. The van der Waals surface area contributed by atoms with Crippen molar-refractivity contribution in [2.24, 2.45) is 7.05 Å². The van der Waals surface area contributed by atoms with Gasteiger partial charge >= 0.3 is 5.69 Å². The molecule has 2 heterocycles. The zero-order chi connectivity index (χ0) is 34.7. The highest BCUT2D eigenvalue weighted by Crippen LogP contribution is 2.30. The third-order valence-corrected chi connectivity index (χ3v) is 7.08. The summed E-state index contributed by atoms with van der Waals surface area (Å²) in [6.45, 7) is 17.4. The minimum Gasteiger partial charge on any atom is -0.497 e. The predicted molar refractivity (Wildman–Crippen MR) is 186 cm³/mol. The van der Waals surface area contributed by atoms with E-state index in [1.807, 2.05) is 61.5 Å². The van der Waals surface area contributed by atoms with Gasteiger partial charge in [0.2, 0.25) is 0 Å². The smallest absolute Gasteiger partial charge is 0.337 e. The Hall–Kier alpha value is -4.92. The summed E-state index contributed by atoms with van der Waals surface area (Å²) in [5, 5.41) is -0.0314. The largest absolute Gasteiger partial charge is 0.497 e. The number of rotatable bonds is 6. The van der Waals surface area contributed by atoms with E-state index >= 15 is 4.39 Å². The second kappa shape index (κ2) is 17.0. The predicted octanol–water partition coefficient (Wildman–Crippen LogP) is 7.84. The van der Waals surface area contributed by atoms with Crippen molar-refractivity contribution in [3.8, 4) is 22.9 Å². The zero-order valence-corrected chi connectivity index (χ0v) is 28.8. The van der Waals surface area contributed by atoms with Crippen molar-refractivity contribution >= 4 is 11.0 Å². The van der Waals surface area contributed by atoms with Gasteiger partial charge in [0.1, 0.15) is 34.1 Å². The van der Waals surface area contributed by atoms with Gasteiger partial charge in [0.15, 0.2) is 0 Å². The molecule has 0 unspecified atom stereocenters. The molecule has 0 saturated carbocycles. The van der Waals surface area contributed by atoms with Crippen molar-refractivity contribution in [1.29, 1.82) is 0 Å². The van der Waals surface area contributed by atoms with Crippen molar-refractivity contribution in [3.63, 3.8) is 0 Å². The molecule has 0 radical (unpaired) electrons. The van der Waals surface area contributed by atoms with Crippen molar-refractivity contribution in [1.82, 2.24) is 13.7 Å². The fraction of sp³-hybridized carbons (Fsp3) is 0.324. The molecule has 0 bridgehead atoms. The van der Waals surface area contributed by atoms with E-state index in [0.717, 1.165) is 24.8 Å². The van der Waals surface area contributed by atoms with E-state index in [2.05, 4.69) is 0 Å². The van der Waals surface area contributed by atoms with E-state index in [1.54, 1.807) is 56.5 Å². The van der Waals surface area contributed by atoms with E-state index in [4.69, 9.17) is 9.47 Å². The molecule has 0 N–H and O–H groups in total. The fourth-order valence-corrected chi connectivity index (χ4v) is 4.66. The standard InChI is InChI=1S/C31H28FN3O5.3C2H6/c1-18-9-14-24(23(32)15-18)35-29-28(30(37)34(31(35)38)17-21-10-12-22(39-5)13-11-21)26(16-27(36)33(29)4)40-25-8-6-7-19(2)20(25)3;3*1-2/h6-16H,17H2,1-5H3;3*1-2H3. The molecule has 0 saturated heterocycles. The Balaban J connectivity index is 0.00000116. The average molecular weight is 632 g/mol. The Morgan fingerprint density at radius 1 is 0.783 bits per heavy atom. The molecular formula is C37H46FN3O5. The molecule has 5 aromatic rings. The van der Waals surface area contributed by atoms with Crippen LogP contribution >= 0.6 is 0 Å². The van der Waals surface area contributed by atoms with Crippen LogP contribution in [0.15, 0.2) is 81.1 Å². The molecule has 0 amide bonds. The van der Waals surface area contributed by atoms with Gasteiger partial charge in [0, 0.05) is 13.1 Å². The van der Waals surface area contributed by atoms with Gasteiger partial charge in [0.05, 0.1) is 19.3 Å². The molecule has 3 aromatic carbocycles. The molecule has 2 aromatic heterocycles. The maximum absolute atomic E-state index is 15.4. The van der Waals surface area contributed by atoms with Crippen LogP contribution in [0.4, 0.5) is 4.39 Å². The van der Waals surface area contributed by atoms with Gasteiger partial charge in [-0.1, -0.05) is 71.9 Å². The molecule has 0 spiro atoms.